The molecule has 3 rings (SSSR count). The Kier molecular flexibility index (Phi) is 3.45. The van der Waals surface area contributed by atoms with Crippen LogP contribution in [-0.4, -0.2) is 29.9 Å². The van der Waals surface area contributed by atoms with Gasteiger partial charge in [0.2, 0.25) is 0 Å². The van der Waals surface area contributed by atoms with Crippen LogP contribution in [0.4, 0.5) is 5.69 Å². The van der Waals surface area contributed by atoms with Crippen LogP contribution in [0.3, 0.4) is 0 Å². The maximum Gasteiger partial charge on any atom is 0.254 e. The number of fused-ring (bicyclic) bond motifs is 1. The van der Waals surface area contributed by atoms with Crippen molar-refractivity contribution >= 4 is 11.6 Å². The zero-order valence-corrected chi connectivity index (χ0v) is 12.6. The highest BCUT2D eigenvalue weighted by atomic mass is 16.2. The largest absolute Gasteiger partial charge is 0.384 e. The second kappa shape index (κ2) is 5.12. The van der Waals surface area contributed by atoms with E-state index < -0.39 is 0 Å². The molecule has 2 aliphatic heterocycles. The first-order chi connectivity index (χ1) is 9.56. The summed E-state index contributed by atoms with van der Waals surface area (Å²) in [7, 11) is 0. The fraction of sp³-hybridized carbons (Fsp3) is 0.588. The van der Waals surface area contributed by atoms with Gasteiger partial charge in [-0.25, -0.2) is 0 Å². The molecule has 0 radical (unpaired) electrons. The van der Waals surface area contributed by atoms with Crippen LogP contribution in [0.25, 0.3) is 0 Å². The van der Waals surface area contributed by atoms with Gasteiger partial charge in [0.05, 0.1) is 0 Å². The Labute approximate surface area is 121 Å². The number of nitrogens with zero attached hydrogens (tertiary/aromatic N) is 1. The molecule has 20 heavy (non-hydrogen) atoms. The van der Waals surface area contributed by atoms with E-state index in [2.05, 4.69) is 43.1 Å². The van der Waals surface area contributed by atoms with Crippen LogP contribution in [-0.2, 0) is 6.42 Å². The zero-order chi connectivity index (χ0) is 14.3. The lowest BCUT2D eigenvalue weighted by molar-refractivity contribution is 0.0455. The van der Waals surface area contributed by atoms with Crippen molar-refractivity contribution in [1.29, 1.82) is 0 Å². The predicted molar refractivity (Wildman–Crippen MR) is 82.1 cm³/mol. The van der Waals surface area contributed by atoms with Gasteiger partial charge in [-0.05, 0) is 55.4 Å². The summed E-state index contributed by atoms with van der Waals surface area (Å²) in [6.07, 6.45) is 2.25. The number of nitrogens with one attached hydrogen (secondary N) is 1. The Bertz CT molecular complexity index is 526. The molecule has 2 aliphatic rings. The van der Waals surface area contributed by atoms with Crippen molar-refractivity contribution in [2.75, 3.05) is 18.4 Å². The van der Waals surface area contributed by atoms with Gasteiger partial charge in [-0.1, -0.05) is 13.8 Å². The molecule has 0 saturated carbocycles. The Morgan fingerprint density at radius 2 is 2.10 bits per heavy atom. The number of hydrogen-bond acceptors (Lipinski definition) is 2. The molecule has 0 aromatic heterocycles. The third kappa shape index (κ3) is 2.30. The fourth-order valence-corrected chi connectivity index (χ4v) is 3.59. The molecule has 3 heteroatoms. The van der Waals surface area contributed by atoms with Crippen molar-refractivity contribution in [1.82, 2.24) is 4.90 Å². The lowest BCUT2D eigenvalue weighted by atomic mass is 9.85. The van der Waals surface area contributed by atoms with Gasteiger partial charge in [-0.3, -0.25) is 4.79 Å². The highest BCUT2D eigenvalue weighted by molar-refractivity contribution is 5.95. The van der Waals surface area contributed by atoms with Crippen molar-refractivity contribution in [3.05, 3.63) is 29.3 Å². The summed E-state index contributed by atoms with van der Waals surface area (Å²) in [5.74, 6) is 1.38. The van der Waals surface area contributed by atoms with Gasteiger partial charge in [-0.15, -0.1) is 0 Å². The smallest absolute Gasteiger partial charge is 0.254 e. The van der Waals surface area contributed by atoms with Crippen LogP contribution in [0, 0.1) is 11.8 Å². The van der Waals surface area contributed by atoms with E-state index in [0.717, 1.165) is 25.1 Å². The minimum atomic E-state index is 0.200. The number of anilines is 1. The van der Waals surface area contributed by atoms with Crippen molar-refractivity contribution in [3.8, 4) is 0 Å². The predicted octanol–water partition coefficient (Wildman–Crippen LogP) is 3.16. The summed E-state index contributed by atoms with van der Waals surface area (Å²) in [5.41, 5.74) is 3.32. The highest BCUT2D eigenvalue weighted by Crippen LogP contribution is 2.29. The van der Waals surface area contributed by atoms with Crippen LogP contribution >= 0.6 is 0 Å². The molecule has 0 spiro atoms. The van der Waals surface area contributed by atoms with E-state index in [0.29, 0.717) is 17.9 Å². The van der Waals surface area contributed by atoms with Crippen molar-refractivity contribution in [2.45, 2.75) is 39.7 Å². The molecule has 3 atom stereocenters. The average Bonchev–Trinajstić information content (AvgIpc) is 2.89. The van der Waals surface area contributed by atoms with Crippen molar-refractivity contribution < 1.29 is 4.79 Å². The van der Waals surface area contributed by atoms with Gasteiger partial charge in [-0.2, -0.15) is 0 Å². The van der Waals surface area contributed by atoms with Gasteiger partial charge in [0.15, 0.2) is 0 Å². The minimum absolute atomic E-state index is 0.200. The number of piperidine rings is 1. The quantitative estimate of drug-likeness (QED) is 0.851. The molecule has 0 aliphatic carbocycles. The maximum atomic E-state index is 12.8. The Morgan fingerprint density at radius 3 is 2.90 bits per heavy atom. The summed E-state index contributed by atoms with van der Waals surface area (Å²) in [4.78, 5) is 14.9. The summed E-state index contributed by atoms with van der Waals surface area (Å²) in [6, 6.07) is 6.44. The molecule has 1 N–H and O–H groups in total. The SMILES string of the molecule is CC1CC(C)C(C)N(C(=O)c2ccc3c(c2)CCN3)C1. The Hall–Kier alpha value is -1.51. The summed E-state index contributed by atoms with van der Waals surface area (Å²) in [6.45, 7) is 8.56. The molecule has 2 heterocycles. The second-order valence-electron chi connectivity index (χ2n) is 6.56. The van der Waals surface area contributed by atoms with Crippen molar-refractivity contribution in [2.24, 2.45) is 11.8 Å². The molecule has 3 nitrogen and oxygen atoms in total. The Balaban J connectivity index is 1.84. The molecule has 1 fully saturated rings. The number of rotatable bonds is 1. The molecule has 1 saturated heterocycles. The molecular weight excluding hydrogens is 248 g/mol. The van der Waals surface area contributed by atoms with E-state index >= 15 is 0 Å². The second-order valence-corrected chi connectivity index (χ2v) is 6.56. The molecule has 0 bridgehead atoms. The van der Waals surface area contributed by atoms with E-state index in [9.17, 15) is 4.79 Å². The maximum absolute atomic E-state index is 12.8. The summed E-state index contributed by atoms with van der Waals surface area (Å²) in [5, 5.41) is 3.34. The van der Waals surface area contributed by atoms with Crippen LogP contribution in [0.5, 0.6) is 0 Å². The number of amides is 1. The van der Waals surface area contributed by atoms with E-state index in [1.54, 1.807) is 0 Å². The number of carbonyl (C=O) groups is 1. The number of likely N-dealkylation sites (tertiary alicyclic amines) is 1. The number of hydrogen-bond donors (Lipinski definition) is 1. The number of carbonyl (C=O) groups excluding carboxylic acids is 1. The zero-order valence-electron chi connectivity index (χ0n) is 12.6. The van der Waals surface area contributed by atoms with Gasteiger partial charge < -0.3 is 10.2 Å². The van der Waals surface area contributed by atoms with Gasteiger partial charge >= 0.3 is 0 Å². The normalized spacial score (nSPS) is 28.9. The van der Waals surface area contributed by atoms with Crippen LogP contribution in [0.2, 0.25) is 0 Å². The van der Waals surface area contributed by atoms with Crippen LogP contribution < -0.4 is 5.32 Å². The molecule has 1 aromatic rings. The van der Waals surface area contributed by atoms with E-state index in [-0.39, 0.29) is 5.91 Å². The van der Waals surface area contributed by atoms with Crippen LogP contribution in [0.15, 0.2) is 18.2 Å². The molecule has 3 unspecified atom stereocenters. The lowest BCUT2D eigenvalue weighted by Crippen LogP contribution is -2.48. The molecule has 1 aromatic carbocycles. The Morgan fingerprint density at radius 1 is 1.30 bits per heavy atom. The van der Waals surface area contributed by atoms with E-state index in [4.69, 9.17) is 0 Å². The third-order valence-electron chi connectivity index (χ3n) is 4.92. The van der Waals surface area contributed by atoms with E-state index in [1.165, 1.54) is 17.7 Å². The van der Waals surface area contributed by atoms with Crippen molar-refractivity contribution in [3.63, 3.8) is 0 Å². The number of benzene rings is 1. The monoisotopic (exact) mass is 272 g/mol. The van der Waals surface area contributed by atoms with Gasteiger partial charge in [0.25, 0.3) is 5.91 Å². The first-order valence-electron chi connectivity index (χ1n) is 7.74. The van der Waals surface area contributed by atoms with Gasteiger partial charge in [0, 0.05) is 30.4 Å². The standard InChI is InChI=1S/C17H24N2O/c1-11-8-12(2)13(3)19(10-11)17(20)15-4-5-16-14(9-15)6-7-18-16/h4-5,9,11-13,18H,6-8,10H2,1-3H3. The van der Waals surface area contributed by atoms with E-state index in [1.807, 2.05) is 6.07 Å². The van der Waals surface area contributed by atoms with Crippen LogP contribution in [0.1, 0.15) is 43.1 Å². The summed E-state index contributed by atoms with van der Waals surface area (Å²) < 4.78 is 0. The highest BCUT2D eigenvalue weighted by Gasteiger charge is 2.32. The lowest BCUT2D eigenvalue weighted by Gasteiger charge is -2.41. The van der Waals surface area contributed by atoms with Gasteiger partial charge in [0.1, 0.15) is 0 Å². The average molecular weight is 272 g/mol. The first-order valence-corrected chi connectivity index (χ1v) is 7.74. The molecule has 108 valence electrons. The summed E-state index contributed by atoms with van der Waals surface area (Å²) >= 11 is 0. The molecular formula is C17H24N2O. The minimum Gasteiger partial charge on any atom is -0.384 e. The topological polar surface area (TPSA) is 32.3 Å². The first kappa shape index (κ1) is 13.5. The fourth-order valence-electron chi connectivity index (χ4n) is 3.59. The molecule has 1 amide bonds. The third-order valence-corrected chi connectivity index (χ3v) is 4.92.